The van der Waals surface area contributed by atoms with E-state index in [0.29, 0.717) is 42.5 Å². The number of aliphatic hydroxyl groups excluding tert-OH is 1. The van der Waals surface area contributed by atoms with Crippen LogP contribution in [0.3, 0.4) is 0 Å². The second kappa shape index (κ2) is 23.9. The van der Waals surface area contributed by atoms with E-state index >= 15 is 4.39 Å². The second-order valence-electron chi connectivity index (χ2n) is 19.3. The maximum absolute atomic E-state index is 15.7. The molecule has 4 heterocycles. The zero-order valence-corrected chi connectivity index (χ0v) is 42.6. The van der Waals surface area contributed by atoms with Crippen LogP contribution < -0.4 is 31.6 Å². The van der Waals surface area contributed by atoms with Gasteiger partial charge in [0.1, 0.15) is 29.2 Å². The molecule has 6 aromatic rings. The molecule has 1 aliphatic heterocycles. The molecule has 0 spiro atoms. The summed E-state index contributed by atoms with van der Waals surface area (Å²) in [5, 5.41) is 22.5. The van der Waals surface area contributed by atoms with Crippen LogP contribution >= 0.6 is 11.3 Å². The van der Waals surface area contributed by atoms with Crippen molar-refractivity contribution in [1.82, 2.24) is 35.8 Å². The van der Waals surface area contributed by atoms with Gasteiger partial charge in [0.2, 0.25) is 29.5 Å². The number of thiazole rings is 1. The van der Waals surface area contributed by atoms with Crippen molar-refractivity contribution in [3.8, 4) is 22.2 Å². The van der Waals surface area contributed by atoms with Crippen LogP contribution in [0.5, 0.6) is 11.8 Å². The molecule has 1 aliphatic rings. The largest absolute Gasteiger partial charge is 0.424 e. The van der Waals surface area contributed by atoms with Gasteiger partial charge in [-0.2, -0.15) is 0 Å². The maximum atomic E-state index is 15.7. The van der Waals surface area contributed by atoms with Crippen molar-refractivity contribution in [1.29, 1.82) is 0 Å². The Morgan fingerprint density at radius 1 is 0.904 bits per heavy atom. The number of halogens is 1. The average molecular weight is 1020 g/mol. The Bertz CT molecular complexity index is 3010. The number of amides is 5. The molecule has 0 unspecified atom stereocenters. The number of nitrogens with zero attached hydrogens (tertiary/aromatic N) is 4. The fraction of sp³-hybridized carbons (Fsp3) is 0.389. The van der Waals surface area contributed by atoms with E-state index in [4.69, 9.17) is 9.15 Å². The van der Waals surface area contributed by atoms with E-state index in [0.717, 1.165) is 21.7 Å². The first-order valence-corrected chi connectivity index (χ1v) is 25.2. The minimum atomic E-state index is -1.04. The van der Waals surface area contributed by atoms with Crippen LogP contribution in [0.4, 0.5) is 10.1 Å². The standard InChI is InChI=1S/C54H61FN8O9S/c1-31-39-20-19-38(71-53-57-24-11-25-58-53)28-43(39)72-52(70)40(31)26-36-12-10-13-41(47(36)55)61-45(66)14-8-7-9-23-56-44(65)21-22-46(67)62-49(54(4,5)6)51(69)63-29-37(64)27-42(63)50(68)60-32(2)34-15-17-35(18-16-34)48-33(3)59-30-73-48/h10-13,15-20,24-25,28,30,32,37,42,49,64H,7-9,14,21-23,26-27,29H2,1-6H3,(H,56,65)(H,60,68)(H,61,66)(H,62,67)/t32-,37+,42-,49+/m0/s1. The number of aliphatic hydroxyl groups is 1. The fourth-order valence-electron chi connectivity index (χ4n) is 8.68. The van der Waals surface area contributed by atoms with Crippen molar-refractivity contribution >= 4 is 57.5 Å². The van der Waals surface area contributed by atoms with Gasteiger partial charge in [-0.25, -0.2) is 24.1 Å². The molecule has 4 atom stereocenters. The summed E-state index contributed by atoms with van der Waals surface area (Å²) in [4.78, 5) is 94.4. The van der Waals surface area contributed by atoms with Crippen LogP contribution in [0, 0.1) is 25.1 Å². The van der Waals surface area contributed by atoms with Gasteiger partial charge in [-0.15, -0.1) is 11.3 Å². The molecule has 19 heteroatoms. The molecule has 0 saturated carbocycles. The van der Waals surface area contributed by atoms with Gasteiger partial charge in [-0.3, -0.25) is 24.0 Å². The Morgan fingerprint density at radius 3 is 2.36 bits per heavy atom. The third-order valence-electron chi connectivity index (χ3n) is 12.8. The van der Waals surface area contributed by atoms with Crippen LogP contribution in [-0.2, 0) is 30.4 Å². The quantitative estimate of drug-likeness (QED) is 0.0367. The summed E-state index contributed by atoms with van der Waals surface area (Å²) in [7, 11) is 0. The van der Waals surface area contributed by atoms with Crippen molar-refractivity contribution in [3.63, 3.8) is 0 Å². The molecule has 5 amide bonds. The van der Waals surface area contributed by atoms with E-state index in [1.54, 1.807) is 80.9 Å². The van der Waals surface area contributed by atoms with E-state index in [1.807, 2.05) is 38.1 Å². The third-order valence-corrected chi connectivity index (χ3v) is 13.7. The highest BCUT2D eigenvalue weighted by Crippen LogP contribution is 2.31. The molecular formula is C54H61FN8O9S. The van der Waals surface area contributed by atoms with Gasteiger partial charge in [0, 0.05) is 74.6 Å². The van der Waals surface area contributed by atoms with E-state index in [-0.39, 0.29) is 79.0 Å². The number of carbonyl (C=O) groups is 5. The fourth-order valence-corrected chi connectivity index (χ4v) is 9.49. The molecule has 0 bridgehead atoms. The Kier molecular flexibility index (Phi) is 17.5. The third kappa shape index (κ3) is 13.8. The minimum absolute atomic E-state index is 0.0158. The van der Waals surface area contributed by atoms with E-state index in [1.165, 1.54) is 23.4 Å². The van der Waals surface area contributed by atoms with Crippen LogP contribution in [0.15, 0.2) is 93.8 Å². The lowest BCUT2D eigenvalue weighted by Gasteiger charge is -2.35. The number of carbonyl (C=O) groups excluding carboxylic acids is 5. The number of rotatable bonds is 20. The molecular weight excluding hydrogens is 956 g/mol. The number of β-amino-alcohol motifs (C(OH)–C–C–N with tert-alkyl or cyclic N) is 1. The number of hydrogen-bond donors (Lipinski definition) is 5. The zero-order valence-electron chi connectivity index (χ0n) is 41.8. The Labute approximate surface area is 426 Å². The highest BCUT2D eigenvalue weighted by molar-refractivity contribution is 7.13. The number of aromatic nitrogens is 3. The number of benzene rings is 3. The van der Waals surface area contributed by atoms with Gasteiger partial charge >= 0.3 is 11.6 Å². The van der Waals surface area contributed by atoms with Crippen molar-refractivity contribution in [2.45, 2.75) is 117 Å². The number of ether oxygens (including phenoxy) is 1. The highest BCUT2D eigenvalue weighted by atomic mass is 32.1. The summed E-state index contributed by atoms with van der Waals surface area (Å²) in [5.41, 5.74) is 4.60. The average Bonchev–Trinajstić information content (AvgIpc) is 3.98. The maximum Gasteiger partial charge on any atom is 0.340 e. The Balaban J connectivity index is 0.819. The van der Waals surface area contributed by atoms with E-state index in [9.17, 15) is 33.9 Å². The Morgan fingerprint density at radius 2 is 1.64 bits per heavy atom. The summed E-state index contributed by atoms with van der Waals surface area (Å²) in [5.74, 6) is -2.48. The number of unbranched alkanes of at least 4 members (excludes halogenated alkanes) is 2. The van der Waals surface area contributed by atoms with Crippen molar-refractivity contribution in [3.05, 3.63) is 129 Å². The molecule has 7 rings (SSSR count). The molecule has 384 valence electrons. The van der Waals surface area contributed by atoms with Gasteiger partial charge in [-0.1, -0.05) is 63.6 Å². The van der Waals surface area contributed by atoms with Crippen LogP contribution in [0.2, 0.25) is 0 Å². The van der Waals surface area contributed by atoms with Crippen molar-refractivity contribution in [2.75, 3.05) is 18.4 Å². The monoisotopic (exact) mass is 1020 g/mol. The molecule has 1 saturated heterocycles. The van der Waals surface area contributed by atoms with Crippen LogP contribution in [0.1, 0.15) is 107 Å². The van der Waals surface area contributed by atoms with Crippen molar-refractivity contribution < 1.29 is 42.6 Å². The smallest absolute Gasteiger partial charge is 0.340 e. The summed E-state index contributed by atoms with van der Waals surface area (Å²) in [6.45, 7) is 11.2. The lowest BCUT2D eigenvalue weighted by molar-refractivity contribution is -0.144. The number of hydrogen-bond acceptors (Lipinski definition) is 13. The van der Waals surface area contributed by atoms with E-state index < -0.39 is 58.7 Å². The highest BCUT2D eigenvalue weighted by Gasteiger charge is 2.44. The molecule has 1 fully saturated rings. The summed E-state index contributed by atoms with van der Waals surface area (Å²) >= 11 is 1.55. The van der Waals surface area contributed by atoms with Gasteiger partial charge in [0.15, 0.2) is 0 Å². The molecule has 5 N–H and O–H groups in total. The summed E-state index contributed by atoms with van der Waals surface area (Å²) in [6.07, 6.45) is 3.51. The number of aryl methyl sites for hydroxylation is 2. The van der Waals surface area contributed by atoms with Crippen LogP contribution in [0.25, 0.3) is 21.4 Å². The second-order valence-corrected chi connectivity index (χ2v) is 20.2. The van der Waals surface area contributed by atoms with Gasteiger partial charge in [0.25, 0.3) is 0 Å². The lowest BCUT2D eigenvalue weighted by atomic mass is 9.85. The molecule has 0 radical (unpaired) electrons. The van der Waals surface area contributed by atoms with Crippen molar-refractivity contribution in [2.24, 2.45) is 5.41 Å². The Hall–Kier alpha value is -7.38. The van der Waals surface area contributed by atoms with Gasteiger partial charge in [0.05, 0.1) is 33.9 Å². The molecule has 73 heavy (non-hydrogen) atoms. The number of fused-ring (bicyclic) bond motifs is 1. The summed E-state index contributed by atoms with van der Waals surface area (Å²) < 4.78 is 27.0. The molecule has 3 aromatic carbocycles. The number of likely N-dealkylation sites (tertiary alicyclic amines) is 1. The first-order chi connectivity index (χ1) is 34.9. The first-order valence-electron chi connectivity index (χ1n) is 24.3. The number of anilines is 1. The van der Waals surface area contributed by atoms with Gasteiger partial charge in [-0.05, 0) is 85.5 Å². The van der Waals surface area contributed by atoms with Gasteiger partial charge < -0.3 is 40.4 Å². The first kappa shape index (κ1) is 53.4. The minimum Gasteiger partial charge on any atom is -0.424 e. The topological polar surface area (TPSA) is 235 Å². The molecule has 0 aliphatic carbocycles. The van der Waals surface area contributed by atoms with E-state index in [2.05, 4.69) is 36.2 Å². The predicted octanol–water partition coefficient (Wildman–Crippen LogP) is 7.61. The SMILES string of the molecule is Cc1ncsc1-c1ccc([C@H](C)NC(=O)[C@@H]2C[C@@H](O)CN2C(=O)[C@@H](NC(=O)CCC(=O)NCCCCCC(=O)Nc2cccc(Cc3c(C)c4ccc(Oc5ncccn5)cc4oc3=O)c2F)C(C)(C)C)cc1. The molecule has 3 aromatic heterocycles. The lowest BCUT2D eigenvalue weighted by Crippen LogP contribution is -2.57. The molecule has 17 nitrogen and oxygen atoms in total. The normalized spacial score (nSPS) is 15.4. The zero-order chi connectivity index (χ0) is 52.4. The predicted molar refractivity (Wildman–Crippen MR) is 274 cm³/mol. The number of nitrogens with one attached hydrogen (secondary N) is 4. The summed E-state index contributed by atoms with van der Waals surface area (Å²) in [6, 6.07) is 16.8. The van der Waals surface area contributed by atoms with Crippen LogP contribution in [-0.4, -0.2) is 85.8 Å².